The van der Waals surface area contributed by atoms with Crippen molar-refractivity contribution in [2.24, 2.45) is 0 Å². The summed E-state index contributed by atoms with van der Waals surface area (Å²) < 4.78 is 26.7. The Bertz CT molecular complexity index is 412. The van der Waals surface area contributed by atoms with Gasteiger partial charge in [0, 0.05) is 5.56 Å². The highest BCUT2D eigenvalue weighted by atomic mass is 32.1. The Balaban J connectivity index is 3.05. The first-order valence-corrected chi connectivity index (χ1v) is 5.55. The van der Waals surface area contributed by atoms with Crippen molar-refractivity contribution >= 4 is 18.9 Å². The largest absolute Gasteiger partial charge is 0.390 e. The van der Waals surface area contributed by atoms with Crippen LogP contribution in [0.3, 0.4) is 0 Å². The van der Waals surface area contributed by atoms with Crippen molar-refractivity contribution in [3.63, 3.8) is 0 Å². The molecule has 17 heavy (non-hydrogen) atoms. The standard InChI is InChI=1S/C11H12F2O3S/c12-8-4-7(9(13)3-6(8)5-14)11(16)10(15)1-2-17/h3-5,10-11,15-17H,1-2H2. The van der Waals surface area contributed by atoms with Crippen LogP contribution in [0.25, 0.3) is 0 Å². The molecule has 0 bridgehead atoms. The maximum atomic E-state index is 13.5. The molecule has 0 spiro atoms. The molecule has 0 aliphatic carbocycles. The van der Waals surface area contributed by atoms with Gasteiger partial charge in [0.2, 0.25) is 0 Å². The van der Waals surface area contributed by atoms with E-state index in [1.54, 1.807) is 0 Å². The van der Waals surface area contributed by atoms with Crippen LogP contribution in [0.15, 0.2) is 12.1 Å². The Kier molecular flexibility index (Phi) is 5.04. The molecule has 2 unspecified atom stereocenters. The SMILES string of the molecule is O=Cc1cc(F)c(C(O)C(O)CCS)cc1F. The Morgan fingerprint density at radius 3 is 2.47 bits per heavy atom. The number of halogens is 2. The summed E-state index contributed by atoms with van der Waals surface area (Å²) in [5.41, 5.74) is -0.801. The van der Waals surface area contributed by atoms with Gasteiger partial charge in [-0.15, -0.1) is 0 Å². The number of thiol groups is 1. The molecule has 0 aliphatic heterocycles. The molecule has 1 rings (SSSR count). The zero-order chi connectivity index (χ0) is 13.0. The lowest BCUT2D eigenvalue weighted by molar-refractivity contribution is 0.0150. The van der Waals surface area contributed by atoms with E-state index in [2.05, 4.69) is 12.6 Å². The van der Waals surface area contributed by atoms with Gasteiger partial charge in [-0.1, -0.05) is 0 Å². The lowest BCUT2D eigenvalue weighted by Crippen LogP contribution is -2.20. The first-order valence-electron chi connectivity index (χ1n) is 4.92. The molecule has 0 heterocycles. The van der Waals surface area contributed by atoms with Crippen LogP contribution in [0.5, 0.6) is 0 Å². The fourth-order valence-electron chi connectivity index (χ4n) is 1.39. The average Bonchev–Trinajstić information content (AvgIpc) is 2.31. The number of benzene rings is 1. The number of hydrogen-bond donors (Lipinski definition) is 3. The molecule has 0 aliphatic rings. The van der Waals surface area contributed by atoms with Gasteiger partial charge in [0.15, 0.2) is 6.29 Å². The summed E-state index contributed by atoms with van der Waals surface area (Å²) >= 11 is 3.86. The predicted octanol–water partition coefficient (Wildman–Crippen LogP) is 1.49. The van der Waals surface area contributed by atoms with E-state index in [1.165, 1.54) is 0 Å². The second-order valence-electron chi connectivity index (χ2n) is 3.54. The zero-order valence-electron chi connectivity index (χ0n) is 8.81. The molecule has 0 saturated heterocycles. The van der Waals surface area contributed by atoms with E-state index in [0.29, 0.717) is 17.9 Å². The van der Waals surface area contributed by atoms with Gasteiger partial charge < -0.3 is 10.2 Å². The van der Waals surface area contributed by atoms with Crippen LogP contribution in [0, 0.1) is 11.6 Å². The lowest BCUT2D eigenvalue weighted by Gasteiger charge is -2.18. The number of aldehydes is 1. The highest BCUT2D eigenvalue weighted by molar-refractivity contribution is 7.80. The van der Waals surface area contributed by atoms with Gasteiger partial charge in [-0.05, 0) is 24.3 Å². The topological polar surface area (TPSA) is 57.5 Å². The molecule has 94 valence electrons. The fraction of sp³-hybridized carbons (Fsp3) is 0.364. The minimum atomic E-state index is -1.54. The Labute approximate surface area is 102 Å². The molecule has 2 atom stereocenters. The van der Waals surface area contributed by atoms with Crippen molar-refractivity contribution < 1.29 is 23.8 Å². The van der Waals surface area contributed by atoms with Gasteiger partial charge in [-0.3, -0.25) is 4.79 Å². The molecule has 3 nitrogen and oxygen atoms in total. The summed E-state index contributed by atoms with van der Waals surface area (Å²) in [6.07, 6.45) is -2.46. The molecular formula is C11H12F2O3S. The van der Waals surface area contributed by atoms with E-state index in [-0.39, 0.29) is 18.3 Å². The molecule has 6 heteroatoms. The number of aliphatic hydroxyl groups is 2. The van der Waals surface area contributed by atoms with Crippen molar-refractivity contribution in [2.75, 3.05) is 5.75 Å². The number of hydrogen-bond acceptors (Lipinski definition) is 4. The number of rotatable bonds is 5. The molecule has 1 aromatic rings. The van der Waals surface area contributed by atoms with E-state index in [4.69, 9.17) is 0 Å². The zero-order valence-corrected chi connectivity index (χ0v) is 9.70. The van der Waals surface area contributed by atoms with E-state index in [9.17, 15) is 23.8 Å². The molecule has 1 aromatic carbocycles. The number of carbonyl (C=O) groups excluding carboxylic acids is 1. The third kappa shape index (κ3) is 3.24. The quantitative estimate of drug-likeness (QED) is 0.556. The average molecular weight is 262 g/mol. The maximum Gasteiger partial charge on any atom is 0.153 e. The highest BCUT2D eigenvalue weighted by Crippen LogP contribution is 2.24. The van der Waals surface area contributed by atoms with Crippen molar-refractivity contribution in [1.82, 2.24) is 0 Å². The van der Waals surface area contributed by atoms with Gasteiger partial charge in [-0.2, -0.15) is 12.6 Å². The minimum absolute atomic E-state index is 0.140. The summed E-state index contributed by atoms with van der Waals surface area (Å²) in [5.74, 6) is -1.57. The van der Waals surface area contributed by atoms with Crippen molar-refractivity contribution in [2.45, 2.75) is 18.6 Å². The van der Waals surface area contributed by atoms with Crippen LogP contribution in [-0.4, -0.2) is 28.4 Å². The van der Waals surface area contributed by atoms with Gasteiger partial charge in [0.05, 0.1) is 11.7 Å². The molecule has 2 N–H and O–H groups in total. The van der Waals surface area contributed by atoms with E-state index in [0.717, 1.165) is 0 Å². The molecule has 0 radical (unpaired) electrons. The number of aliphatic hydroxyl groups excluding tert-OH is 2. The first kappa shape index (κ1) is 14.1. The van der Waals surface area contributed by atoms with Gasteiger partial charge >= 0.3 is 0 Å². The molecule has 0 saturated carbocycles. The van der Waals surface area contributed by atoms with Crippen molar-refractivity contribution in [3.8, 4) is 0 Å². The summed E-state index contributed by atoms with van der Waals surface area (Å²) in [6.45, 7) is 0. The highest BCUT2D eigenvalue weighted by Gasteiger charge is 2.22. The Hall–Kier alpha value is -0.980. The van der Waals surface area contributed by atoms with Crippen LogP contribution in [-0.2, 0) is 0 Å². The predicted molar refractivity (Wildman–Crippen MR) is 61.2 cm³/mol. The van der Waals surface area contributed by atoms with E-state index in [1.807, 2.05) is 0 Å². The van der Waals surface area contributed by atoms with Crippen molar-refractivity contribution in [1.29, 1.82) is 0 Å². The maximum absolute atomic E-state index is 13.5. The second-order valence-corrected chi connectivity index (χ2v) is 3.98. The van der Waals surface area contributed by atoms with Gasteiger partial charge in [0.25, 0.3) is 0 Å². The van der Waals surface area contributed by atoms with Crippen LogP contribution >= 0.6 is 12.6 Å². The van der Waals surface area contributed by atoms with E-state index < -0.39 is 29.4 Å². The first-order chi connectivity index (χ1) is 8.01. The second kappa shape index (κ2) is 6.09. The van der Waals surface area contributed by atoms with Crippen LogP contribution in [0.4, 0.5) is 8.78 Å². The summed E-state index contributed by atoms with van der Waals surface area (Å²) in [5, 5.41) is 19.1. The minimum Gasteiger partial charge on any atom is -0.390 e. The lowest BCUT2D eigenvalue weighted by atomic mass is 10.0. The summed E-state index contributed by atoms with van der Waals surface area (Å²) in [4.78, 5) is 10.4. The van der Waals surface area contributed by atoms with Crippen LogP contribution in [0.1, 0.15) is 28.4 Å². The van der Waals surface area contributed by atoms with Gasteiger partial charge in [-0.25, -0.2) is 8.78 Å². The molecular weight excluding hydrogens is 250 g/mol. The molecule has 0 amide bonds. The third-order valence-corrected chi connectivity index (χ3v) is 2.61. The van der Waals surface area contributed by atoms with Crippen molar-refractivity contribution in [3.05, 3.63) is 34.9 Å². The molecule has 0 aromatic heterocycles. The Morgan fingerprint density at radius 2 is 1.94 bits per heavy atom. The van der Waals surface area contributed by atoms with E-state index >= 15 is 0 Å². The summed E-state index contributed by atoms with van der Waals surface area (Å²) in [6, 6.07) is 1.40. The summed E-state index contributed by atoms with van der Waals surface area (Å²) in [7, 11) is 0. The smallest absolute Gasteiger partial charge is 0.153 e. The third-order valence-electron chi connectivity index (χ3n) is 2.35. The fourth-order valence-corrected chi connectivity index (χ4v) is 1.66. The van der Waals surface area contributed by atoms with Gasteiger partial charge in [0.1, 0.15) is 17.7 Å². The normalized spacial score (nSPS) is 14.4. The molecule has 0 fully saturated rings. The van der Waals surface area contributed by atoms with Crippen LogP contribution < -0.4 is 0 Å². The Morgan fingerprint density at radius 1 is 1.29 bits per heavy atom. The van der Waals surface area contributed by atoms with Crippen LogP contribution in [0.2, 0.25) is 0 Å². The number of carbonyl (C=O) groups is 1. The monoisotopic (exact) mass is 262 g/mol.